The number of halogens is 1. The summed E-state index contributed by atoms with van der Waals surface area (Å²) in [5.41, 5.74) is 7.68. The van der Waals surface area contributed by atoms with E-state index in [1.165, 1.54) is 12.1 Å². The lowest BCUT2D eigenvalue weighted by Crippen LogP contribution is -2.19. The molecule has 0 bridgehead atoms. The summed E-state index contributed by atoms with van der Waals surface area (Å²) in [6, 6.07) is 6.31. The fourth-order valence-electron chi connectivity index (χ4n) is 1.83. The molecule has 0 aliphatic heterocycles. The predicted octanol–water partition coefficient (Wildman–Crippen LogP) is 3.26. The highest BCUT2D eigenvalue weighted by Gasteiger charge is 2.16. The summed E-state index contributed by atoms with van der Waals surface area (Å²) in [7, 11) is 0. The Morgan fingerprint density at radius 2 is 2.22 bits per heavy atom. The molecule has 0 saturated heterocycles. The van der Waals surface area contributed by atoms with Crippen molar-refractivity contribution >= 4 is 0 Å². The molecule has 0 aliphatic rings. The van der Waals surface area contributed by atoms with E-state index in [1.807, 2.05) is 6.07 Å². The standard InChI is InChI=1S/C14H18FN3/c1-3-9(2)13(16)14-17-8-12(18-14)10-5-4-6-11(15)7-10/h4-9,13H,3,16H2,1-2H3,(H,17,18). The highest BCUT2D eigenvalue weighted by molar-refractivity contribution is 5.58. The van der Waals surface area contributed by atoms with E-state index in [2.05, 4.69) is 23.8 Å². The van der Waals surface area contributed by atoms with Crippen molar-refractivity contribution < 1.29 is 4.39 Å². The average molecular weight is 247 g/mol. The second kappa shape index (κ2) is 5.31. The minimum Gasteiger partial charge on any atom is -0.341 e. The molecule has 0 saturated carbocycles. The molecule has 2 rings (SSSR count). The lowest BCUT2D eigenvalue weighted by Gasteiger charge is -2.15. The van der Waals surface area contributed by atoms with Crippen LogP contribution in [0.2, 0.25) is 0 Å². The molecule has 0 spiro atoms. The van der Waals surface area contributed by atoms with Gasteiger partial charge in [-0.3, -0.25) is 0 Å². The first kappa shape index (κ1) is 12.8. The molecule has 18 heavy (non-hydrogen) atoms. The van der Waals surface area contributed by atoms with E-state index < -0.39 is 0 Å². The van der Waals surface area contributed by atoms with Gasteiger partial charge in [0.25, 0.3) is 0 Å². The number of aromatic nitrogens is 2. The molecule has 2 aromatic rings. The molecule has 0 fully saturated rings. The summed E-state index contributed by atoms with van der Waals surface area (Å²) in [6.45, 7) is 4.19. The molecular formula is C14H18FN3. The Kier molecular flexibility index (Phi) is 3.77. The zero-order chi connectivity index (χ0) is 13.1. The molecule has 4 heteroatoms. The molecule has 0 aliphatic carbocycles. The summed E-state index contributed by atoms with van der Waals surface area (Å²) in [6.07, 6.45) is 2.70. The van der Waals surface area contributed by atoms with E-state index >= 15 is 0 Å². The van der Waals surface area contributed by atoms with E-state index in [1.54, 1.807) is 12.3 Å². The quantitative estimate of drug-likeness (QED) is 0.871. The number of rotatable bonds is 4. The summed E-state index contributed by atoms with van der Waals surface area (Å²) in [5, 5.41) is 0. The Hall–Kier alpha value is -1.68. The number of hydrogen-bond donors (Lipinski definition) is 2. The largest absolute Gasteiger partial charge is 0.341 e. The van der Waals surface area contributed by atoms with Crippen LogP contribution in [0.1, 0.15) is 32.1 Å². The predicted molar refractivity (Wildman–Crippen MR) is 70.4 cm³/mol. The summed E-state index contributed by atoms with van der Waals surface area (Å²) in [4.78, 5) is 7.46. The molecule has 0 radical (unpaired) electrons. The second-order valence-electron chi connectivity index (χ2n) is 4.60. The van der Waals surface area contributed by atoms with Crippen LogP contribution in [-0.2, 0) is 0 Å². The molecule has 3 N–H and O–H groups in total. The summed E-state index contributed by atoms with van der Waals surface area (Å²) in [5.74, 6) is 0.856. The molecule has 1 aromatic heterocycles. The third-order valence-corrected chi connectivity index (χ3v) is 3.30. The van der Waals surface area contributed by atoms with Crippen LogP contribution in [-0.4, -0.2) is 9.97 Å². The van der Waals surface area contributed by atoms with Crippen LogP contribution < -0.4 is 5.73 Å². The van der Waals surface area contributed by atoms with Gasteiger partial charge >= 0.3 is 0 Å². The van der Waals surface area contributed by atoms with Gasteiger partial charge in [0.05, 0.1) is 17.9 Å². The van der Waals surface area contributed by atoms with Crippen molar-refractivity contribution in [2.24, 2.45) is 11.7 Å². The van der Waals surface area contributed by atoms with Gasteiger partial charge in [-0.15, -0.1) is 0 Å². The van der Waals surface area contributed by atoms with Crippen LogP contribution >= 0.6 is 0 Å². The molecule has 1 aromatic carbocycles. The smallest absolute Gasteiger partial charge is 0.123 e. The van der Waals surface area contributed by atoms with Gasteiger partial charge in [-0.1, -0.05) is 32.4 Å². The van der Waals surface area contributed by atoms with Crippen LogP contribution in [0.4, 0.5) is 4.39 Å². The summed E-state index contributed by atoms with van der Waals surface area (Å²) < 4.78 is 13.1. The number of imidazole rings is 1. The Bertz CT molecular complexity index is 521. The van der Waals surface area contributed by atoms with Crippen molar-refractivity contribution in [3.63, 3.8) is 0 Å². The number of nitrogens with zero attached hydrogens (tertiary/aromatic N) is 1. The van der Waals surface area contributed by atoms with Gasteiger partial charge < -0.3 is 10.7 Å². The number of benzene rings is 1. The zero-order valence-corrected chi connectivity index (χ0v) is 10.7. The first-order valence-electron chi connectivity index (χ1n) is 6.18. The minimum absolute atomic E-state index is 0.114. The second-order valence-corrected chi connectivity index (χ2v) is 4.60. The van der Waals surface area contributed by atoms with E-state index in [0.717, 1.165) is 23.5 Å². The van der Waals surface area contributed by atoms with Crippen molar-refractivity contribution in [3.05, 3.63) is 42.1 Å². The topological polar surface area (TPSA) is 54.7 Å². The van der Waals surface area contributed by atoms with Gasteiger partial charge in [0.15, 0.2) is 0 Å². The number of aromatic amines is 1. The van der Waals surface area contributed by atoms with Crippen LogP contribution in [0, 0.1) is 11.7 Å². The van der Waals surface area contributed by atoms with Crippen LogP contribution in [0.5, 0.6) is 0 Å². The Labute approximate surface area is 106 Å². The molecule has 0 amide bonds. The van der Waals surface area contributed by atoms with E-state index in [4.69, 9.17) is 5.73 Å². The number of hydrogen-bond acceptors (Lipinski definition) is 2. The normalized spacial score (nSPS) is 14.4. The van der Waals surface area contributed by atoms with Gasteiger partial charge in [-0.2, -0.15) is 0 Å². The van der Waals surface area contributed by atoms with Gasteiger partial charge in [0.1, 0.15) is 11.6 Å². The first-order chi connectivity index (χ1) is 8.61. The fraction of sp³-hybridized carbons (Fsp3) is 0.357. The number of H-pyrrole nitrogens is 1. The third kappa shape index (κ3) is 2.59. The maximum atomic E-state index is 13.1. The van der Waals surface area contributed by atoms with Gasteiger partial charge in [-0.25, -0.2) is 9.37 Å². The van der Waals surface area contributed by atoms with Crippen LogP contribution in [0.3, 0.4) is 0 Å². The van der Waals surface area contributed by atoms with Crippen LogP contribution in [0.25, 0.3) is 11.3 Å². The van der Waals surface area contributed by atoms with Crippen molar-refractivity contribution in [3.8, 4) is 11.3 Å². The molecule has 96 valence electrons. The number of nitrogens with two attached hydrogens (primary N) is 1. The maximum absolute atomic E-state index is 13.1. The van der Waals surface area contributed by atoms with E-state index in [9.17, 15) is 4.39 Å². The van der Waals surface area contributed by atoms with Crippen molar-refractivity contribution in [1.82, 2.24) is 9.97 Å². The highest BCUT2D eigenvalue weighted by atomic mass is 19.1. The van der Waals surface area contributed by atoms with Gasteiger partial charge in [0.2, 0.25) is 0 Å². The Morgan fingerprint density at radius 1 is 1.44 bits per heavy atom. The fourth-order valence-corrected chi connectivity index (χ4v) is 1.83. The monoisotopic (exact) mass is 247 g/mol. The molecular weight excluding hydrogens is 229 g/mol. The lowest BCUT2D eigenvalue weighted by molar-refractivity contribution is 0.441. The Morgan fingerprint density at radius 3 is 2.89 bits per heavy atom. The lowest BCUT2D eigenvalue weighted by atomic mass is 10.00. The van der Waals surface area contributed by atoms with Crippen molar-refractivity contribution in [1.29, 1.82) is 0 Å². The van der Waals surface area contributed by atoms with E-state index in [0.29, 0.717) is 5.92 Å². The van der Waals surface area contributed by atoms with Crippen molar-refractivity contribution in [2.45, 2.75) is 26.3 Å². The number of nitrogens with one attached hydrogen (secondary N) is 1. The van der Waals surface area contributed by atoms with Gasteiger partial charge in [-0.05, 0) is 18.1 Å². The average Bonchev–Trinajstić information content (AvgIpc) is 2.86. The Balaban J connectivity index is 2.25. The highest BCUT2D eigenvalue weighted by Crippen LogP contribution is 2.23. The molecule has 1 heterocycles. The first-order valence-corrected chi connectivity index (χ1v) is 6.18. The van der Waals surface area contributed by atoms with E-state index in [-0.39, 0.29) is 11.9 Å². The molecule has 2 unspecified atom stereocenters. The summed E-state index contributed by atoms with van der Waals surface area (Å²) >= 11 is 0. The maximum Gasteiger partial charge on any atom is 0.123 e. The van der Waals surface area contributed by atoms with Crippen molar-refractivity contribution in [2.75, 3.05) is 0 Å². The molecule has 2 atom stereocenters. The SMILES string of the molecule is CCC(C)C(N)c1ncc(-c2cccc(F)c2)[nH]1. The zero-order valence-electron chi connectivity index (χ0n) is 10.7. The minimum atomic E-state index is -0.255. The third-order valence-electron chi connectivity index (χ3n) is 3.30. The molecule has 3 nitrogen and oxygen atoms in total. The van der Waals surface area contributed by atoms with Gasteiger partial charge in [0, 0.05) is 5.56 Å². The van der Waals surface area contributed by atoms with Crippen LogP contribution in [0.15, 0.2) is 30.5 Å².